The Bertz CT molecular complexity index is 520. The van der Waals surface area contributed by atoms with Crippen LogP contribution in [-0.4, -0.2) is 35.8 Å². The molecule has 0 spiro atoms. The zero-order valence-electron chi connectivity index (χ0n) is 10.8. The molecule has 19 heavy (non-hydrogen) atoms. The quantitative estimate of drug-likeness (QED) is 0.805. The molecule has 2 amide bonds. The average molecular weight is 279 g/mol. The fraction of sp³-hybridized carbons (Fsp3) is 0.538. The van der Waals surface area contributed by atoms with E-state index in [0.29, 0.717) is 17.1 Å². The fourth-order valence-electron chi connectivity index (χ4n) is 2.95. The average Bonchev–Trinajstić information content (AvgIpc) is 2.93. The molecule has 102 valence electrons. The molecular weight excluding hydrogens is 262 g/mol. The molecule has 0 radical (unpaired) electrons. The summed E-state index contributed by atoms with van der Waals surface area (Å²) in [6, 6.07) is 1.76. The predicted molar refractivity (Wildman–Crippen MR) is 74.0 cm³/mol. The lowest BCUT2D eigenvalue weighted by Crippen LogP contribution is -2.48. The third-order valence-electron chi connectivity index (χ3n) is 4.03. The fourth-order valence-corrected chi connectivity index (χ4v) is 3.84. The number of nitrogens with zero attached hydrogens (tertiary/aromatic N) is 1. The van der Waals surface area contributed by atoms with E-state index in [1.807, 2.05) is 11.8 Å². The number of piperidine rings is 1. The van der Waals surface area contributed by atoms with Crippen molar-refractivity contribution in [3.05, 3.63) is 15.8 Å². The second kappa shape index (κ2) is 4.52. The Morgan fingerprint density at radius 3 is 3.05 bits per heavy atom. The molecule has 3 rings (SSSR count). The number of nitrogens with two attached hydrogens (primary N) is 1. The third kappa shape index (κ3) is 2.00. The highest BCUT2D eigenvalue weighted by molar-refractivity contribution is 7.14. The number of rotatable bonds is 1. The summed E-state index contributed by atoms with van der Waals surface area (Å²) >= 11 is 1.43. The van der Waals surface area contributed by atoms with Crippen LogP contribution in [0.4, 0.5) is 5.69 Å². The van der Waals surface area contributed by atoms with Crippen LogP contribution in [0.15, 0.2) is 6.07 Å². The summed E-state index contributed by atoms with van der Waals surface area (Å²) in [5.74, 6) is 0.0662. The van der Waals surface area contributed by atoms with Crippen molar-refractivity contribution < 1.29 is 9.59 Å². The molecule has 2 fully saturated rings. The van der Waals surface area contributed by atoms with Crippen LogP contribution in [0.3, 0.4) is 0 Å². The number of carbonyl (C=O) groups is 2. The topological polar surface area (TPSA) is 75.4 Å². The highest BCUT2D eigenvalue weighted by Gasteiger charge is 2.42. The van der Waals surface area contributed by atoms with Crippen LogP contribution in [0.1, 0.15) is 27.4 Å². The third-order valence-corrected chi connectivity index (χ3v) is 5.08. The van der Waals surface area contributed by atoms with Crippen LogP contribution in [-0.2, 0) is 4.79 Å². The van der Waals surface area contributed by atoms with Crippen molar-refractivity contribution in [3.8, 4) is 0 Å². The molecule has 0 saturated carbocycles. The van der Waals surface area contributed by atoms with Gasteiger partial charge < -0.3 is 16.0 Å². The molecule has 2 aliphatic rings. The van der Waals surface area contributed by atoms with E-state index in [2.05, 4.69) is 5.32 Å². The summed E-state index contributed by atoms with van der Waals surface area (Å²) in [5, 5.41) is 2.86. The highest BCUT2D eigenvalue weighted by atomic mass is 32.1. The summed E-state index contributed by atoms with van der Waals surface area (Å²) in [7, 11) is 0. The van der Waals surface area contributed by atoms with Gasteiger partial charge in [0.05, 0.1) is 16.8 Å². The number of fused-ring (bicyclic) bond motifs is 1. The van der Waals surface area contributed by atoms with E-state index in [0.717, 1.165) is 24.3 Å². The number of thiophene rings is 1. The SMILES string of the molecule is Cc1sc(C(=O)N2CCCC3C(=O)NCC32)cc1N. The monoisotopic (exact) mass is 279 g/mol. The predicted octanol–water partition coefficient (Wildman–Crippen LogP) is 0.989. The van der Waals surface area contributed by atoms with E-state index in [-0.39, 0.29) is 23.8 Å². The maximum absolute atomic E-state index is 12.6. The summed E-state index contributed by atoms with van der Waals surface area (Å²) in [6.45, 7) is 3.22. The van der Waals surface area contributed by atoms with E-state index < -0.39 is 0 Å². The number of aryl methyl sites for hydroxylation is 1. The van der Waals surface area contributed by atoms with Crippen molar-refractivity contribution in [1.29, 1.82) is 0 Å². The maximum Gasteiger partial charge on any atom is 0.264 e. The number of amides is 2. The van der Waals surface area contributed by atoms with Crippen LogP contribution >= 0.6 is 11.3 Å². The van der Waals surface area contributed by atoms with Gasteiger partial charge in [-0.3, -0.25) is 9.59 Å². The Kier molecular flexibility index (Phi) is 2.97. The first-order chi connectivity index (χ1) is 9.08. The van der Waals surface area contributed by atoms with Crippen molar-refractivity contribution in [1.82, 2.24) is 10.2 Å². The number of hydrogen-bond acceptors (Lipinski definition) is 4. The molecule has 1 aromatic rings. The number of carbonyl (C=O) groups excluding carboxylic acids is 2. The number of anilines is 1. The normalized spacial score (nSPS) is 26.2. The summed E-state index contributed by atoms with van der Waals surface area (Å²) in [6.07, 6.45) is 1.77. The zero-order chi connectivity index (χ0) is 13.6. The van der Waals surface area contributed by atoms with Gasteiger partial charge in [-0.25, -0.2) is 0 Å². The van der Waals surface area contributed by atoms with Gasteiger partial charge in [-0.1, -0.05) is 0 Å². The standard InChI is InChI=1S/C13H17N3O2S/c1-7-9(14)5-11(19-7)13(18)16-4-2-3-8-10(16)6-15-12(8)17/h5,8,10H,2-4,6,14H2,1H3,(H,15,17). The van der Waals surface area contributed by atoms with Gasteiger partial charge in [0.15, 0.2) is 0 Å². The molecule has 0 aliphatic carbocycles. The Labute approximate surface area is 115 Å². The minimum Gasteiger partial charge on any atom is -0.398 e. The van der Waals surface area contributed by atoms with Gasteiger partial charge in [0, 0.05) is 23.7 Å². The summed E-state index contributed by atoms with van der Waals surface area (Å²) in [4.78, 5) is 27.8. The molecule has 5 nitrogen and oxygen atoms in total. The zero-order valence-corrected chi connectivity index (χ0v) is 11.6. The number of nitrogen functional groups attached to an aromatic ring is 1. The summed E-state index contributed by atoms with van der Waals surface area (Å²) in [5.41, 5.74) is 6.48. The van der Waals surface area contributed by atoms with Crippen LogP contribution in [0, 0.1) is 12.8 Å². The Morgan fingerprint density at radius 1 is 1.58 bits per heavy atom. The molecule has 2 unspecified atom stereocenters. The largest absolute Gasteiger partial charge is 0.398 e. The van der Waals surface area contributed by atoms with Crippen LogP contribution in [0.25, 0.3) is 0 Å². The Morgan fingerprint density at radius 2 is 2.37 bits per heavy atom. The minimum atomic E-state index is -0.0314. The Hall–Kier alpha value is -1.56. The van der Waals surface area contributed by atoms with Crippen molar-refractivity contribution in [2.75, 3.05) is 18.8 Å². The first kappa shape index (κ1) is 12.5. The second-order valence-electron chi connectivity index (χ2n) is 5.18. The van der Waals surface area contributed by atoms with Gasteiger partial charge >= 0.3 is 0 Å². The molecule has 2 aliphatic heterocycles. The van der Waals surface area contributed by atoms with E-state index in [1.54, 1.807) is 6.07 Å². The number of likely N-dealkylation sites (tertiary alicyclic amines) is 1. The molecule has 3 N–H and O–H groups in total. The van der Waals surface area contributed by atoms with E-state index >= 15 is 0 Å². The molecule has 6 heteroatoms. The van der Waals surface area contributed by atoms with E-state index in [4.69, 9.17) is 5.73 Å². The molecular formula is C13H17N3O2S. The summed E-state index contributed by atoms with van der Waals surface area (Å²) < 4.78 is 0. The van der Waals surface area contributed by atoms with E-state index in [1.165, 1.54) is 11.3 Å². The molecule has 2 atom stereocenters. The van der Waals surface area contributed by atoms with Gasteiger partial charge in [-0.05, 0) is 25.8 Å². The Balaban J connectivity index is 1.85. The first-order valence-electron chi connectivity index (χ1n) is 6.52. The molecule has 2 saturated heterocycles. The molecule has 3 heterocycles. The van der Waals surface area contributed by atoms with Gasteiger partial charge in [0.1, 0.15) is 0 Å². The lowest BCUT2D eigenvalue weighted by molar-refractivity contribution is -0.123. The molecule has 1 aromatic heterocycles. The van der Waals surface area contributed by atoms with Crippen molar-refractivity contribution in [2.24, 2.45) is 5.92 Å². The lowest BCUT2D eigenvalue weighted by atomic mass is 9.91. The van der Waals surface area contributed by atoms with Gasteiger partial charge in [0.2, 0.25) is 5.91 Å². The molecule has 0 aromatic carbocycles. The smallest absolute Gasteiger partial charge is 0.264 e. The van der Waals surface area contributed by atoms with Crippen molar-refractivity contribution in [2.45, 2.75) is 25.8 Å². The number of nitrogens with one attached hydrogen (secondary N) is 1. The van der Waals surface area contributed by atoms with E-state index in [9.17, 15) is 9.59 Å². The minimum absolute atomic E-state index is 0.0102. The molecule has 0 bridgehead atoms. The lowest BCUT2D eigenvalue weighted by Gasteiger charge is -2.35. The van der Waals surface area contributed by atoms with Crippen LogP contribution in [0.2, 0.25) is 0 Å². The maximum atomic E-state index is 12.6. The van der Waals surface area contributed by atoms with Gasteiger partial charge in [0.25, 0.3) is 5.91 Å². The van der Waals surface area contributed by atoms with Crippen molar-refractivity contribution >= 4 is 28.8 Å². The number of hydrogen-bond donors (Lipinski definition) is 2. The van der Waals surface area contributed by atoms with Crippen LogP contribution < -0.4 is 11.1 Å². The highest BCUT2D eigenvalue weighted by Crippen LogP contribution is 2.31. The van der Waals surface area contributed by atoms with Gasteiger partial charge in [-0.2, -0.15) is 0 Å². The van der Waals surface area contributed by atoms with Crippen LogP contribution in [0.5, 0.6) is 0 Å². The van der Waals surface area contributed by atoms with Gasteiger partial charge in [-0.15, -0.1) is 11.3 Å². The second-order valence-corrected chi connectivity index (χ2v) is 6.44. The first-order valence-corrected chi connectivity index (χ1v) is 7.34. The van der Waals surface area contributed by atoms with Crippen molar-refractivity contribution in [3.63, 3.8) is 0 Å².